The van der Waals surface area contributed by atoms with E-state index in [2.05, 4.69) is 6.92 Å². The number of benzene rings is 2. The average molecular weight is 435 g/mol. The summed E-state index contributed by atoms with van der Waals surface area (Å²) in [5.74, 6) is -0.202. The minimum atomic E-state index is -3.92. The summed E-state index contributed by atoms with van der Waals surface area (Å²) >= 11 is 0. The second-order valence-electron chi connectivity index (χ2n) is 7.21. The Morgan fingerprint density at radius 3 is 2.30 bits per heavy atom. The van der Waals surface area contributed by atoms with Crippen LogP contribution >= 0.6 is 0 Å². The number of unbranched alkanes of at least 4 members (excludes halogenated alkanes) is 2. The van der Waals surface area contributed by atoms with Crippen LogP contribution in [0.4, 0.5) is 4.39 Å². The smallest absolute Gasteiger partial charge is 0.253 e. The highest BCUT2D eigenvalue weighted by Crippen LogP contribution is 2.21. The zero-order chi connectivity index (χ0) is 21.6. The van der Waals surface area contributed by atoms with Gasteiger partial charge in [0.15, 0.2) is 0 Å². The highest BCUT2D eigenvalue weighted by Gasteiger charge is 2.32. The molecule has 1 amide bonds. The van der Waals surface area contributed by atoms with Crippen LogP contribution in [-0.2, 0) is 10.0 Å². The molecule has 0 spiro atoms. The number of hydrogen-bond donors (Lipinski definition) is 0. The number of amides is 1. The van der Waals surface area contributed by atoms with Crippen molar-refractivity contribution in [3.05, 3.63) is 59.9 Å². The van der Waals surface area contributed by atoms with Gasteiger partial charge in [-0.2, -0.15) is 4.31 Å². The largest absolute Gasteiger partial charge is 0.494 e. The van der Waals surface area contributed by atoms with Gasteiger partial charge in [-0.3, -0.25) is 4.79 Å². The SMILES string of the molecule is CCCCCOc1ccc(C(=O)N2CCN(S(=O)(=O)c3ccccc3F)CC2)cc1. The lowest BCUT2D eigenvalue weighted by Gasteiger charge is -2.34. The van der Waals surface area contributed by atoms with E-state index in [-0.39, 0.29) is 37.0 Å². The Bertz CT molecular complexity index is 955. The molecule has 0 unspecified atom stereocenters. The van der Waals surface area contributed by atoms with Crippen molar-refractivity contribution >= 4 is 15.9 Å². The zero-order valence-electron chi connectivity index (χ0n) is 17.1. The molecule has 0 radical (unpaired) electrons. The predicted octanol–water partition coefficient (Wildman–Crippen LogP) is 3.54. The van der Waals surface area contributed by atoms with Gasteiger partial charge < -0.3 is 9.64 Å². The molecule has 0 aliphatic carbocycles. The van der Waals surface area contributed by atoms with Crippen molar-refractivity contribution in [3.8, 4) is 5.75 Å². The van der Waals surface area contributed by atoms with Gasteiger partial charge in [-0.15, -0.1) is 0 Å². The maximum atomic E-state index is 13.9. The van der Waals surface area contributed by atoms with E-state index < -0.39 is 15.8 Å². The third kappa shape index (κ3) is 5.17. The summed E-state index contributed by atoms with van der Waals surface area (Å²) in [4.78, 5) is 14.0. The zero-order valence-corrected chi connectivity index (χ0v) is 17.9. The molecular formula is C22H27FN2O4S. The van der Waals surface area contributed by atoms with E-state index in [4.69, 9.17) is 4.74 Å². The number of piperazine rings is 1. The first-order chi connectivity index (χ1) is 14.4. The van der Waals surface area contributed by atoms with E-state index in [9.17, 15) is 17.6 Å². The number of sulfonamides is 1. The van der Waals surface area contributed by atoms with Crippen LogP contribution in [-0.4, -0.2) is 56.3 Å². The molecule has 0 saturated carbocycles. The van der Waals surface area contributed by atoms with Crippen molar-refractivity contribution in [2.75, 3.05) is 32.8 Å². The Kier molecular flexibility index (Phi) is 7.44. The summed E-state index contributed by atoms with van der Waals surface area (Å²) in [6.45, 7) is 3.54. The minimum Gasteiger partial charge on any atom is -0.494 e. The Morgan fingerprint density at radius 1 is 1.00 bits per heavy atom. The first-order valence-electron chi connectivity index (χ1n) is 10.2. The summed E-state index contributed by atoms with van der Waals surface area (Å²) in [5.41, 5.74) is 0.529. The summed E-state index contributed by atoms with van der Waals surface area (Å²) < 4.78 is 46.2. The molecule has 1 saturated heterocycles. The molecule has 0 bridgehead atoms. The van der Waals surface area contributed by atoms with Gasteiger partial charge in [-0.1, -0.05) is 31.9 Å². The van der Waals surface area contributed by atoms with Gasteiger partial charge in [0.2, 0.25) is 10.0 Å². The number of rotatable bonds is 8. The lowest BCUT2D eigenvalue weighted by atomic mass is 10.2. The second kappa shape index (κ2) is 10.0. The van der Waals surface area contributed by atoms with Crippen molar-refractivity contribution in [3.63, 3.8) is 0 Å². The number of carbonyl (C=O) groups is 1. The lowest BCUT2D eigenvalue weighted by molar-refractivity contribution is 0.0697. The normalized spacial score (nSPS) is 15.2. The van der Waals surface area contributed by atoms with Gasteiger partial charge in [0, 0.05) is 31.7 Å². The van der Waals surface area contributed by atoms with Crippen LogP contribution in [0.2, 0.25) is 0 Å². The van der Waals surface area contributed by atoms with Gasteiger partial charge >= 0.3 is 0 Å². The van der Waals surface area contributed by atoms with Crippen LogP contribution < -0.4 is 4.74 Å². The van der Waals surface area contributed by atoms with E-state index >= 15 is 0 Å². The molecule has 0 aromatic heterocycles. The van der Waals surface area contributed by atoms with Crippen molar-refractivity contribution in [1.29, 1.82) is 0 Å². The van der Waals surface area contributed by atoms with Crippen LogP contribution in [0.3, 0.4) is 0 Å². The average Bonchev–Trinajstić information content (AvgIpc) is 2.77. The Morgan fingerprint density at radius 2 is 1.67 bits per heavy atom. The Hall–Kier alpha value is -2.45. The van der Waals surface area contributed by atoms with E-state index in [1.807, 2.05) is 0 Å². The number of ether oxygens (including phenoxy) is 1. The summed E-state index contributed by atoms with van der Waals surface area (Å²) in [6, 6.07) is 12.3. The van der Waals surface area contributed by atoms with E-state index in [1.165, 1.54) is 22.5 Å². The fourth-order valence-corrected chi connectivity index (χ4v) is 4.83. The molecule has 0 N–H and O–H groups in total. The van der Waals surface area contributed by atoms with E-state index in [0.717, 1.165) is 31.1 Å². The fraction of sp³-hybridized carbons (Fsp3) is 0.409. The van der Waals surface area contributed by atoms with Crippen LogP contribution in [0, 0.1) is 5.82 Å². The van der Waals surface area contributed by atoms with Crippen molar-refractivity contribution in [1.82, 2.24) is 9.21 Å². The van der Waals surface area contributed by atoms with Crippen LogP contribution in [0.15, 0.2) is 53.4 Å². The molecule has 162 valence electrons. The first-order valence-corrected chi connectivity index (χ1v) is 11.6. The van der Waals surface area contributed by atoms with Gasteiger partial charge in [-0.25, -0.2) is 12.8 Å². The quantitative estimate of drug-likeness (QED) is 0.596. The second-order valence-corrected chi connectivity index (χ2v) is 9.11. The highest BCUT2D eigenvalue weighted by molar-refractivity contribution is 7.89. The van der Waals surface area contributed by atoms with Gasteiger partial charge in [0.1, 0.15) is 16.5 Å². The summed E-state index contributed by atoms with van der Waals surface area (Å²) in [6.07, 6.45) is 3.25. The lowest BCUT2D eigenvalue weighted by Crippen LogP contribution is -2.50. The fourth-order valence-electron chi connectivity index (χ4n) is 3.34. The number of halogens is 1. The molecule has 1 aliphatic rings. The summed E-state index contributed by atoms with van der Waals surface area (Å²) in [5, 5.41) is 0. The minimum absolute atomic E-state index is 0.126. The molecule has 2 aromatic carbocycles. The van der Waals surface area contributed by atoms with Gasteiger partial charge in [-0.05, 0) is 42.8 Å². The molecule has 0 atom stereocenters. The van der Waals surface area contributed by atoms with E-state index in [1.54, 1.807) is 29.2 Å². The van der Waals surface area contributed by atoms with Crippen molar-refractivity contribution in [2.45, 2.75) is 31.1 Å². The molecule has 3 rings (SSSR count). The molecule has 6 nitrogen and oxygen atoms in total. The third-order valence-corrected chi connectivity index (χ3v) is 7.03. The third-order valence-electron chi connectivity index (χ3n) is 5.10. The molecule has 2 aromatic rings. The summed E-state index contributed by atoms with van der Waals surface area (Å²) in [7, 11) is -3.92. The molecule has 1 heterocycles. The molecule has 8 heteroatoms. The maximum Gasteiger partial charge on any atom is 0.253 e. The van der Waals surface area contributed by atoms with Gasteiger partial charge in [0.05, 0.1) is 6.61 Å². The van der Waals surface area contributed by atoms with E-state index in [0.29, 0.717) is 12.2 Å². The van der Waals surface area contributed by atoms with Gasteiger partial charge in [0.25, 0.3) is 5.91 Å². The van der Waals surface area contributed by atoms with Crippen LogP contribution in [0.25, 0.3) is 0 Å². The Labute approximate surface area is 177 Å². The number of carbonyl (C=O) groups excluding carboxylic acids is 1. The van der Waals surface area contributed by atoms with Crippen LogP contribution in [0.5, 0.6) is 5.75 Å². The van der Waals surface area contributed by atoms with Crippen molar-refractivity contribution in [2.24, 2.45) is 0 Å². The highest BCUT2D eigenvalue weighted by atomic mass is 32.2. The van der Waals surface area contributed by atoms with Crippen LogP contribution in [0.1, 0.15) is 36.5 Å². The molecular weight excluding hydrogens is 407 g/mol. The van der Waals surface area contributed by atoms with Crippen molar-refractivity contribution < 1.29 is 22.3 Å². The number of hydrogen-bond acceptors (Lipinski definition) is 4. The molecule has 30 heavy (non-hydrogen) atoms. The topological polar surface area (TPSA) is 66.9 Å². The predicted molar refractivity (Wildman–Crippen MR) is 113 cm³/mol. The molecule has 1 aliphatic heterocycles. The first kappa shape index (κ1) is 22.2. The Balaban J connectivity index is 1.57. The standard InChI is InChI=1S/C22H27FN2O4S/c1-2-3-6-17-29-19-11-9-18(10-12-19)22(26)24-13-15-25(16-14-24)30(27,28)21-8-5-4-7-20(21)23/h4-5,7-12H,2-3,6,13-17H2,1H3. The maximum absolute atomic E-state index is 13.9. The number of nitrogens with zero attached hydrogens (tertiary/aromatic N) is 2. The molecule has 1 fully saturated rings. The monoisotopic (exact) mass is 434 g/mol.